The fraction of sp³-hybridized carbons (Fsp3) is 0.467. The van der Waals surface area contributed by atoms with E-state index in [0.29, 0.717) is 24.0 Å². The molecule has 0 aliphatic rings. The number of rotatable bonds is 7. The van der Waals surface area contributed by atoms with Crippen LogP contribution in [0.1, 0.15) is 73.1 Å². The number of hydrogen-bond acceptors (Lipinski definition) is 3. The molecule has 0 saturated heterocycles. The van der Waals surface area contributed by atoms with Crippen molar-refractivity contribution in [2.45, 2.75) is 80.2 Å². The van der Waals surface area contributed by atoms with E-state index in [9.17, 15) is 4.79 Å². The van der Waals surface area contributed by atoms with Crippen LogP contribution in [0.15, 0.2) is 59.5 Å². The number of nitrogens with zero attached hydrogens (tertiary/aromatic N) is 2. The highest BCUT2D eigenvalue weighted by Crippen LogP contribution is 2.32. The SMILES string of the molecule is CC(C)Cc1cc(Oc2ccccc2)c(=O)n(CCC(C)(C)C)c1-c1ccnc(C(C)(C)C)c1. The standard InChI is InChI=1S/C30H40N2O2/c1-21(2)18-23-19-25(34-24-12-10-9-11-13-24)28(33)32(17-15-29(3,4)5)27(23)22-14-16-31-26(20-22)30(6,7)8/h9-14,16,19-21H,15,17-18H2,1-8H3. The summed E-state index contributed by atoms with van der Waals surface area (Å²) in [7, 11) is 0. The molecular formula is C30H40N2O2. The van der Waals surface area contributed by atoms with Crippen molar-refractivity contribution in [3.8, 4) is 22.8 Å². The molecule has 0 spiro atoms. The first-order valence-corrected chi connectivity index (χ1v) is 12.3. The third-order valence-corrected chi connectivity index (χ3v) is 5.82. The maximum Gasteiger partial charge on any atom is 0.294 e. The van der Waals surface area contributed by atoms with Crippen molar-refractivity contribution in [2.24, 2.45) is 11.3 Å². The summed E-state index contributed by atoms with van der Waals surface area (Å²) >= 11 is 0. The molecule has 0 saturated carbocycles. The molecule has 2 aromatic heterocycles. The van der Waals surface area contributed by atoms with Crippen LogP contribution in [0.2, 0.25) is 0 Å². The van der Waals surface area contributed by atoms with E-state index >= 15 is 0 Å². The van der Waals surface area contributed by atoms with E-state index in [1.807, 2.05) is 53.2 Å². The van der Waals surface area contributed by atoms with Gasteiger partial charge in [0.2, 0.25) is 0 Å². The van der Waals surface area contributed by atoms with Crippen molar-refractivity contribution >= 4 is 0 Å². The Hall–Kier alpha value is -2.88. The highest BCUT2D eigenvalue weighted by molar-refractivity contribution is 5.65. The predicted octanol–water partition coefficient (Wildman–Crippen LogP) is 7.63. The highest BCUT2D eigenvalue weighted by Gasteiger charge is 2.22. The second-order valence-corrected chi connectivity index (χ2v) is 11.8. The minimum absolute atomic E-state index is 0.0822. The van der Waals surface area contributed by atoms with E-state index in [1.54, 1.807) is 0 Å². The second-order valence-electron chi connectivity index (χ2n) is 11.8. The minimum Gasteiger partial charge on any atom is -0.452 e. The van der Waals surface area contributed by atoms with Gasteiger partial charge in [-0.05, 0) is 60.1 Å². The quantitative estimate of drug-likeness (QED) is 0.364. The second kappa shape index (κ2) is 10.2. The molecule has 0 N–H and O–H groups in total. The van der Waals surface area contributed by atoms with Crippen LogP contribution in [0.5, 0.6) is 11.5 Å². The summed E-state index contributed by atoms with van der Waals surface area (Å²) in [5, 5.41) is 0. The van der Waals surface area contributed by atoms with Gasteiger partial charge in [0, 0.05) is 29.4 Å². The van der Waals surface area contributed by atoms with E-state index in [1.165, 1.54) is 0 Å². The first-order chi connectivity index (χ1) is 15.8. The lowest BCUT2D eigenvalue weighted by Crippen LogP contribution is -2.27. The molecule has 0 aliphatic heterocycles. The lowest BCUT2D eigenvalue weighted by atomic mass is 9.89. The molecule has 0 fully saturated rings. The zero-order chi connectivity index (χ0) is 25.1. The smallest absolute Gasteiger partial charge is 0.294 e. The molecule has 0 atom stereocenters. The summed E-state index contributed by atoms with van der Waals surface area (Å²) in [6.45, 7) is 18.2. The summed E-state index contributed by atoms with van der Waals surface area (Å²) < 4.78 is 8.06. The Bertz CT molecular complexity index is 1160. The predicted molar refractivity (Wildman–Crippen MR) is 142 cm³/mol. The molecular weight excluding hydrogens is 420 g/mol. The topological polar surface area (TPSA) is 44.1 Å². The van der Waals surface area contributed by atoms with Crippen LogP contribution in [0.4, 0.5) is 0 Å². The van der Waals surface area contributed by atoms with Crippen molar-refractivity contribution in [3.05, 3.63) is 76.3 Å². The molecule has 0 unspecified atom stereocenters. The van der Waals surface area contributed by atoms with Gasteiger partial charge in [0.05, 0.1) is 5.69 Å². The number of pyridine rings is 2. The van der Waals surface area contributed by atoms with Gasteiger partial charge in [-0.3, -0.25) is 9.78 Å². The van der Waals surface area contributed by atoms with E-state index in [0.717, 1.165) is 35.4 Å². The summed E-state index contributed by atoms with van der Waals surface area (Å²) in [6, 6.07) is 15.7. The fourth-order valence-corrected chi connectivity index (χ4v) is 3.97. The van der Waals surface area contributed by atoms with E-state index < -0.39 is 0 Å². The minimum atomic E-state index is -0.0928. The lowest BCUT2D eigenvalue weighted by Gasteiger charge is -2.25. The van der Waals surface area contributed by atoms with Crippen LogP contribution in [0, 0.1) is 11.3 Å². The van der Waals surface area contributed by atoms with Gasteiger partial charge in [-0.1, -0.05) is 73.6 Å². The van der Waals surface area contributed by atoms with Gasteiger partial charge in [-0.25, -0.2) is 0 Å². The molecule has 3 aromatic rings. The summed E-state index contributed by atoms with van der Waals surface area (Å²) in [6.07, 6.45) is 3.60. The highest BCUT2D eigenvalue weighted by atomic mass is 16.5. The van der Waals surface area contributed by atoms with Crippen molar-refractivity contribution in [2.75, 3.05) is 0 Å². The number of benzene rings is 1. The van der Waals surface area contributed by atoms with Gasteiger partial charge in [-0.15, -0.1) is 0 Å². The zero-order valence-electron chi connectivity index (χ0n) is 22.1. The maximum atomic E-state index is 13.8. The molecule has 1 aromatic carbocycles. The zero-order valence-corrected chi connectivity index (χ0v) is 22.1. The van der Waals surface area contributed by atoms with E-state index in [4.69, 9.17) is 4.74 Å². The van der Waals surface area contributed by atoms with Gasteiger partial charge in [0.1, 0.15) is 5.75 Å². The molecule has 4 nitrogen and oxygen atoms in total. The molecule has 0 aliphatic carbocycles. The molecule has 4 heteroatoms. The first-order valence-electron chi connectivity index (χ1n) is 12.3. The normalized spacial score (nSPS) is 12.3. The molecule has 0 radical (unpaired) electrons. The third-order valence-electron chi connectivity index (χ3n) is 5.82. The summed E-state index contributed by atoms with van der Waals surface area (Å²) in [4.78, 5) is 18.5. The Kier molecular flexibility index (Phi) is 7.70. The van der Waals surface area contributed by atoms with Crippen LogP contribution in [-0.2, 0) is 18.4 Å². The van der Waals surface area contributed by atoms with E-state index in [2.05, 4.69) is 66.4 Å². The van der Waals surface area contributed by atoms with Crippen molar-refractivity contribution in [3.63, 3.8) is 0 Å². The average Bonchev–Trinajstić information content (AvgIpc) is 2.74. The Morgan fingerprint density at radius 2 is 1.65 bits per heavy atom. The number of aromatic nitrogens is 2. The molecule has 3 rings (SSSR count). The van der Waals surface area contributed by atoms with Crippen molar-refractivity contribution in [1.82, 2.24) is 9.55 Å². The third kappa shape index (κ3) is 6.59. The molecule has 0 bridgehead atoms. The van der Waals surface area contributed by atoms with Crippen LogP contribution in [0.3, 0.4) is 0 Å². The van der Waals surface area contributed by atoms with E-state index in [-0.39, 0.29) is 16.4 Å². The Morgan fingerprint density at radius 1 is 0.971 bits per heavy atom. The van der Waals surface area contributed by atoms with Crippen LogP contribution in [-0.4, -0.2) is 9.55 Å². The number of para-hydroxylation sites is 1. The fourth-order valence-electron chi connectivity index (χ4n) is 3.97. The molecule has 2 heterocycles. The number of ether oxygens (including phenoxy) is 1. The molecule has 182 valence electrons. The Labute approximate surface area is 205 Å². The van der Waals surface area contributed by atoms with Gasteiger partial charge >= 0.3 is 0 Å². The Balaban J connectivity index is 2.26. The largest absolute Gasteiger partial charge is 0.452 e. The van der Waals surface area contributed by atoms with Crippen molar-refractivity contribution < 1.29 is 4.74 Å². The Morgan fingerprint density at radius 3 is 2.24 bits per heavy atom. The van der Waals surface area contributed by atoms with Crippen LogP contribution < -0.4 is 10.3 Å². The first kappa shape index (κ1) is 25.7. The number of hydrogen-bond donors (Lipinski definition) is 0. The summed E-state index contributed by atoms with van der Waals surface area (Å²) in [5.74, 6) is 1.48. The van der Waals surface area contributed by atoms with Gasteiger partial charge in [-0.2, -0.15) is 0 Å². The lowest BCUT2D eigenvalue weighted by molar-refractivity contribution is 0.346. The molecule has 34 heavy (non-hydrogen) atoms. The van der Waals surface area contributed by atoms with Crippen LogP contribution in [0.25, 0.3) is 11.3 Å². The van der Waals surface area contributed by atoms with Gasteiger partial charge in [0.25, 0.3) is 5.56 Å². The molecule has 0 amide bonds. The maximum absolute atomic E-state index is 13.8. The average molecular weight is 461 g/mol. The van der Waals surface area contributed by atoms with Gasteiger partial charge in [0.15, 0.2) is 5.75 Å². The van der Waals surface area contributed by atoms with Gasteiger partial charge < -0.3 is 9.30 Å². The van der Waals surface area contributed by atoms with Crippen molar-refractivity contribution in [1.29, 1.82) is 0 Å². The van der Waals surface area contributed by atoms with Crippen LogP contribution >= 0.6 is 0 Å². The monoisotopic (exact) mass is 460 g/mol. The summed E-state index contributed by atoms with van der Waals surface area (Å²) in [5.41, 5.74) is 4.08.